The third-order valence-corrected chi connectivity index (χ3v) is 4.64. The van der Waals surface area contributed by atoms with Gasteiger partial charge in [-0.3, -0.25) is 14.4 Å². The topological polar surface area (TPSA) is 122 Å². The number of carbonyl (C=O) groups excluding carboxylic acids is 3. The minimum atomic E-state index is -1.65. The Morgan fingerprint density at radius 1 is 1.00 bits per heavy atom. The Bertz CT molecular complexity index is 837. The number of nitrogens with two attached hydrogens (primary N) is 2. The molecule has 0 bridgehead atoms. The SMILES string of the molecule is COC(=O)[C@@](C)(N)C(C(=O)[C@@H](N)CC(=O)OCc1ccccc1)c1ccccc1. The highest BCUT2D eigenvalue weighted by Gasteiger charge is 2.45. The lowest BCUT2D eigenvalue weighted by molar-refractivity contribution is -0.150. The third kappa shape index (κ3) is 5.73. The normalized spacial score (nSPS) is 14.9. The number of benzene rings is 2. The lowest BCUT2D eigenvalue weighted by atomic mass is 9.76. The van der Waals surface area contributed by atoms with Crippen molar-refractivity contribution in [3.63, 3.8) is 0 Å². The van der Waals surface area contributed by atoms with E-state index in [2.05, 4.69) is 0 Å². The second-order valence-electron chi connectivity index (χ2n) is 6.98. The zero-order chi connectivity index (χ0) is 21.4. The summed E-state index contributed by atoms with van der Waals surface area (Å²) in [5, 5.41) is 0. The van der Waals surface area contributed by atoms with E-state index in [4.69, 9.17) is 20.9 Å². The molecule has 4 N–H and O–H groups in total. The van der Waals surface area contributed by atoms with Crippen LogP contribution in [0.5, 0.6) is 0 Å². The van der Waals surface area contributed by atoms with Gasteiger partial charge in [0.25, 0.3) is 0 Å². The summed E-state index contributed by atoms with van der Waals surface area (Å²) >= 11 is 0. The first kappa shape index (κ1) is 22.3. The Hall–Kier alpha value is -3.03. The first-order valence-electron chi connectivity index (χ1n) is 9.18. The van der Waals surface area contributed by atoms with E-state index in [1.54, 1.807) is 30.3 Å². The number of esters is 2. The third-order valence-electron chi connectivity index (χ3n) is 4.64. The molecular weight excluding hydrogens is 372 g/mol. The predicted molar refractivity (Wildman–Crippen MR) is 108 cm³/mol. The second-order valence-corrected chi connectivity index (χ2v) is 6.98. The highest BCUT2D eigenvalue weighted by Crippen LogP contribution is 2.30. The molecule has 0 aliphatic carbocycles. The summed E-state index contributed by atoms with van der Waals surface area (Å²) in [5.74, 6) is -2.98. The molecule has 2 rings (SSSR count). The van der Waals surface area contributed by atoms with Crippen molar-refractivity contribution in [3.8, 4) is 0 Å². The molecule has 0 fully saturated rings. The number of ketones is 1. The van der Waals surface area contributed by atoms with Crippen molar-refractivity contribution in [3.05, 3.63) is 71.8 Å². The van der Waals surface area contributed by atoms with E-state index in [-0.39, 0.29) is 13.0 Å². The number of hydrogen-bond donors (Lipinski definition) is 2. The number of Topliss-reactive ketones (excluding diaryl/α,β-unsaturated/α-hetero) is 1. The number of carbonyl (C=O) groups is 3. The quantitative estimate of drug-likeness (QED) is 0.616. The van der Waals surface area contributed by atoms with Gasteiger partial charge in [-0.05, 0) is 18.1 Å². The first-order chi connectivity index (χ1) is 13.8. The molecule has 154 valence electrons. The van der Waals surface area contributed by atoms with E-state index in [0.29, 0.717) is 5.56 Å². The molecule has 0 aliphatic rings. The minimum absolute atomic E-state index is 0.0828. The van der Waals surface area contributed by atoms with Crippen LogP contribution in [-0.4, -0.2) is 36.4 Å². The number of methoxy groups -OCH3 is 1. The molecule has 0 aromatic heterocycles. The van der Waals surface area contributed by atoms with Crippen LogP contribution in [0.4, 0.5) is 0 Å². The standard InChI is InChI=1S/C22H26N2O5/c1-22(24,21(27)28-2)19(16-11-7-4-8-12-16)20(26)17(23)13-18(25)29-14-15-9-5-3-6-10-15/h3-12,17,19H,13-14,23-24H2,1-2H3/t17-,19?,22-/m0/s1. The molecule has 2 aromatic rings. The molecule has 0 saturated carbocycles. The molecule has 2 aromatic carbocycles. The maximum atomic E-state index is 13.1. The van der Waals surface area contributed by atoms with Crippen LogP contribution in [0.3, 0.4) is 0 Å². The summed E-state index contributed by atoms with van der Waals surface area (Å²) < 4.78 is 9.96. The average Bonchev–Trinajstić information content (AvgIpc) is 2.73. The molecule has 0 amide bonds. The molecular formula is C22H26N2O5. The molecule has 0 heterocycles. The summed E-state index contributed by atoms with van der Waals surface area (Å²) in [6.45, 7) is 1.49. The number of ether oxygens (including phenoxy) is 2. The summed E-state index contributed by atoms with van der Waals surface area (Å²) in [5.41, 5.74) is 11.9. The van der Waals surface area contributed by atoms with E-state index in [0.717, 1.165) is 5.56 Å². The second kappa shape index (κ2) is 9.95. The Kier molecular flexibility index (Phi) is 7.64. The van der Waals surface area contributed by atoms with Crippen LogP contribution in [0.25, 0.3) is 0 Å². The summed E-state index contributed by atoms with van der Waals surface area (Å²) in [6, 6.07) is 16.6. The van der Waals surface area contributed by atoms with Crippen LogP contribution in [0.2, 0.25) is 0 Å². The smallest absolute Gasteiger partial charge is 0.326 e. The molecule has 0 spiro atoms. The van der Waals surface area contributed by atoms with E-state index in [1.807, 2.05) is 30.3 Å². The zero-order valence-corrected chi connectivity index (χ0v) is 16.5. The van der Waals surface area contributed by atoms with Gasteiger partial charge in [0.2, 0.25) is 0 Å². The van der Waals surface area contributed by atoms with Crippen molar-refractivity contribution < 1.29 is 23.9 Å². The Labute approximate surface area is 170 Å². The molecule has 7 nitrogen and oxygen atoms in total. The summed E-state index contributed by atoms with van der Waals surface area (Å²) in [7, 11) is 1.20. The first-order valence-corrected chi connectivity index (χ1v) is 9.18. The van der Waals surface area contributed by atoms with Crippen LogP contribution in [0.1, 0.15) is 30.4 Å². The molecule has 0 radical (unpaired) electrons. The number of rotatable bonds is 9. The maximum absolute atomic E-state index is 13.1. The van der Waals surface area contributed by atoms with E-state index in [9.17, 15) is 14.4 Å². The summed E-state index contributed by atoms with van der Waals surface area (Å²) in [6.07, 6.45) is -0.327. The van der Waals surface area contributed by atoms with Gasteiger partial charge in [-0.15, -0.1) is 0 Å². The average molecular weight is 398 g/mol. The fraction of sp³-hybridized carbons (Fsp3) is 0.318. The highest BCUT2D eigenvalue weighted by molar-refractivity contribution is 5.99. The van der Waals surface area contributed by atoms with Crippen molar-refractivity contribution in [2.24, 2.45) is 11.5 Å². The van der Waals surface area contributed by atoms with E-state index < -0.39 is 35.2 Å². The van der Waals surface area contributed by atoms with Crippen LogP contribution in [0, 0.1) is 0 Å². The van der Waals surface area contributed by atoms with Gasteiger partial charge < -0.3 is 20.9 Å². The maximum Gasteiger partial charge on any atom is 0.326 e. The van der Waals surface area contributed by atoms with Gasteiger partial charge in [-0.1, -0.05) is 60.7 Å². The van der Waals surface area contributed by atoms with Crippen LogP contribution < -0.4 is 11.5 Å². The lowest BCUT2D eigenvalue weighted by Gasteiger charge is -2.32. The fourth-order valence-electron chi connectivity index (χ4n) is 3.08. The predicted octanol–water partition coefficient (Wildman–Crippen LogP) is 1.69. The van der Waals surface area contributed by atoms with Crippen molar-refractivity contribution in [2.75, 3.05) is 7.11 Å². The van der Waals surface area contributed by atoms with Crippen LogP contribution in [-0.2, 0) is 30.5 Å². The van der Waals surface area contributed by atoms with E-state index in [1.165, 1.54) is 14.0 Å². The Morgan fingerprint density at radius 3 is 2.10 bits per heavy atom. The molecule has 29 heavy (non-hydrogen) atoms. The zero-order valence-electron chi connectivity index (χ0n) is 16.5. The molecule has 0 aliphatic heterocycles. The largest absolute Gasteiger partial charge is 0.468 e. The van der Waals surface area contributed by atoms with Crippen LogP contribution >= 0.6 is 0 Å². The lowest BCUT2D eigenvalue weighted by Crippen LogP contribution is -2.56. The van der Waals surface area contributed by atoms with Gasteiger partial charge in [0.05, 0.1) is 25.5 Å². The van der Waals surface area contributed by atoms with Crippen LogP contribution in [0.15, 0.2) is 60.7 Å². The van der Waals surface area contributed by atoms with E-state index >= 15 is 0 Å². The monoisotopic (exact) mass is 398 g/mol. The van der Waals surface area contributed by atoms with Crippen molar-refractivity contribution >= 4 is 17.7 Å². The Balaban J connectivity index is 2.13. The van der Waals surface area contributed by atoms with Crippen molar-refractivity contribution in [1.29, 1.82) is 0 Å². The summed E-state index contributed by atoms with van der Waals surface area (Å²) in [4.78, 5) is 37.5. The van der Waals surface area contributed by atoms with Crippen molar-refractivity contribution in [1.82, 2.24) is 0 Å². The molecule has 0 saturated heterocycles. The highest BCUT2D eigenvalue weighted by atomic mass is 16.5. The van der Waals surface area contributed by atoms with Gasteiger partial charge in [0.15, 0.2) is 5.78 Å². The van der Waals surface area contributed by atoms with Crippen molar-refractivity contribution in [2.45, 2.75) is 37.5 Å². The Morgan fingerprint density at radius 2 is 1.55 bits per heavy atom. The fourth-order valence-corrected chi connectivity index (χ4v) is 3.08. The molecule has 3 atom stereocenters. The van der Waals surface area contributed by atoms with Gasteiger partial charge in [0.1, 0.15) is 12.1 Å². The number of hydrogen-bond acceptors (Lipinski definition) is 7. The molecule has 7 heteroatoms. The van der Waals surface area contributed by atoms with Gasteiger partial charge in [-0.25, -0.2) is 0 Å². The van der Waals surface area contributed by atoms with Gasteiger partial charge >= 0.3 is 11.9 Å². The van der Waals surface area contributed by atoms with Gasteiger partial charge in [0, 0.05) is 0 Å². The van der Waals surface area contributed by atoms with Gasteiger partial charge in [-0.2, -0.15) is 0 Å². The minimum Gasteiger partial charge on any atom is -0.468 e. The molecule has 1 unspecified atom stereocenters.